The van der Waals surface area contributed by atoms with Crippen LogP contribution in [0.2, 0.25) is 0 Å². The Morgan fingerprint density at radius 2 is 1.13 bits per heavy atom. The molecule has 0 saturated carbocycles. The average molecular weight is 321 g/mol. The molecule has 0 bridgehead atoms. The van der Waals surface area contributed by atoms with Gasteiger partial charge in [0.25, 0.3) is 0 Å². The first-order chi connectivity index (χ1) is 10.3. The zero-order chi connectivity index (χ0) is 18.0. The number of carbonyl (C=O) groups excluding carboxylic acids is 2. The number of rotatable bonds is 1. The third kappa shape index (κ3) is 6.30. The molecule has 0 spiro atoms. The van der Waals surface area contributed by atoms with E-state index in [1.807, 2.05) is 19.9 Å². The zero-order valence-corrected chi connectivity index (χ0v) is 15.3. The number of carbonyl (C=O) groups is 2. The van der Waals surface area contributed by atoms with E-state index in [0.717, 1.165) is 16.0 Å². The quantitative estimate of drug-likeness (QED) is 0.732. The van der Waals surface area contributed by atoms with Crippen LogP contribution in [0.1, 0.15) is 52.7 Å². The van der Waals surface area contributed by atoms with E-state index >= 15 is 0 Å². The number of benzene rings is 1. The van der Waals surface area contributed by atoms with Crippen molar-refractivity contribution in [2.24, 2.45) is 0 Å². The number of hydrogen-bond acceptors (Lipinski definition) is 4. The van der Waals surface area contributed by atoms with Gasteiger partial charge in [0, 0.05) is 0 Å². The molecule has 2 amide bonds. The molecular weight excluding hydrogens is 294 g/mol. The standard InChI is InChI=1S/C18H27NO4/c1-12-9-13(2)11-14(10-12)19(15(20)22-17(3,4)5)16(21)23-18(6,7)8/h9-11H,1-8H3. The smallest absolute Gasteiger partial charge is 0.424 e. The lowest BCUT2D eigenvalue weighted by Gasteiger charge is -2.28. The third-order valence-corrected chi connectivity index (χ3v) is 2.62. The SMILES string of the molecule is Cc1cc(C)cc(N(C(=O)OC(C)(C)C)C(=O)OC(C)(C)C)c1. The van der Waals surface area contributed by atoms with Crippen LogP contribution < -0.4 is 4.90 Å². The number of amides is 2. The first kappa shape index (κ1) is 19.0. The molecule has 23 heavy (non-hydrogen) atoms. The number of aryl methyl sites for hydroxylation is 2. The molecule has 0 fully saturated rings. The topological polar surface area (TPSA) is 55.8 Å². The maximum absolute atomic E-state index is 12.5. The van der Waals surface area contributed by atoms with E-state index < -0.39 is 23.4 Å². The van der Waals surface area contributed by atoms with Gasteiger partial charge < -0.3 is 9.47 Å². The Bertz CT molecular complexity index is 546. The van der Waals surface area contributed by atoms with Crippen LogP contribution in [0, 0.1) is 13.8 Å². The second-order valence-electron chi connectivity index (χ2n) is 7.64. The Morgan fingerprint density at radius 1 is 0.783 bits per heavy atom. The molecule has 0 aliphatic carbocycles. The van der Waals surface area contributed by atoms with Crippen molar-refractivity contribution in [3.8, 4) is 0 Å². The second kappa shape index (κ2) is 6.60. The Balaban J connectivity index is 3.25. The Kier molecular flexibility index (Phi) is 5.46. The molecule has 5 nitrogen and oxygen atoms in total. The van der Waals surface area contributed by atoms with E-state index in [-0.39, 0.29) is 0 Å². The molecule has 0 aliphatic heterocycles. The molecule has 1 aromatic carbocycles. The lowest BCUT2D eigenvalue weighted by Crippen LogP contribution is -2.43. The third-order valence-electron chi connectivity index (χ3n) is 2.62. The van der Waals surface area contributed by atoms with Crippen LogP contribution in [-0.4, -0.2) is 23.4 Å². The van der Waals surface area contributed by atoms with Crippen molar-refractivity contribution in [1.29, 1.82) is 0 Å². The van der Waals surface area contributed by atoms with Gasteiger partial charge in [-0.15, -0.1) is 0 Å². The fourth-order valence-corrected chi connectivity index (χ4v) is 1.98. The molecule has 1 rings (SSSR count). The summed E-state index contributed by atoms with van der Waals surface area (Å²) in [4.78, 5) is 26.0. The van der Waals surface area contributed by atoms with E-state index in [4.69, 9.17) is 9.47 Å². The average Bonchev–Trinajstić information content (AvgIpc) is 2.21. The number of ether oxygens (including phenoxy) is 2. The summed E-state index contributed by atoms with van der Waals surface area (Å²) in [7, 11) is 0. The summed E-state index contributed by atoms with van der Waals surface area (Å²) in [6.45, 7) is 14.3. The lowest BCUT2D eigenvalue weighted by molar-refractivity contribution is 0.0431. The van der Waals surface area contributed by atoms with Gasteiger partial charge in [0.05, 0.1) is 5.69 Å². The van der Waals surface area contributed by atoms with Gasteiger partial charge >= 0.3 is 12.2 Å². The largest absolute Gasteiger partial charge is 0.443 e. The summed E-state index contributed by atoms with van der Waals surface area (Å²) in [5.74, 6) is 0. The molecule has 0 heterocycles. The van der Waals surface area contributed by atoms with Gasteiger partial charge in [-0.3, -0.25) is 0 Å². The van der Waals surface area contributed by atoms with E-state index in [1.165, 1.54) is 0 Å². The van der Waals surface area contributed by atoms with Crippen molar-refractivity contribution in [2.75, 3.05) is 4.90 Å². The number of nitrogens with zero attached hydrogens (tertiary/aromatic N) is 1. The van der Waals surface area contributed by atoms with Crippen molar-refractivity contribution in [1.82, 2.24) is 0 Å². The van der Waals surface area contributed by atoms with E-state index in [9.17, 15) is 9.59 Å². The number of hydrogen-bond donors (Lipinski definition) is 0. The molecule has 0 unspecified atom stereocenters. The molecule has 0 radical (unpaired) electrons. The summed E-state index contributed by atoms with van der Waals surface area (Å²) >= 11 is 0. The van der Waals surface area contributed by atoms with Crippen molar-refractivity contribution >= 4 is 17.9 Å². The fourth-order valence-electron chi connectivity index (χ4n) is 1.98. The van der Waals surface area contributed by atoms with Gasteiger partial charge in [-0.2, -0.15) is 4.90 Å². The molecule has 0 aliphatic rings. The predicted molar refractivity (Wildman–Crippen MR) is 90.9 cm³/mol. The molecule has 0 N–H and O–H groups in total. The molecule has 5 heteroatoms. The molecule has 128 valence electrons. The zero-order valence-electron chi connectivity index (χ0n) is 15.3. The number of imide groups is 1. The second-order valence-corrected chi connectivity index (χ2v) is 7.64. The van der Waals surface area contributed by atoms with E-state index in [0.29, 0.717) is 5.69 Å². The van der Waals surface area contributed by atoms with Crippen molar-refractivity contribution in [3.05, 3.63) is 29.3 Å². The van der Waals surface area contributed by atoms with Crippen LogP contribution in [0.3, 0.4) is 0 Å². The Morgan fingerprint density at radius 3 is 1.43 bits per heavy atom. The summed E-state index contributed by atoms with van der Waals surface area (Å²) < 4.78 is 10.7. The normalized spacial score (nSPS) is 11.8. The Hall–Kier alpha value is -2.04. The monoisotopic (exact) mass is 321 g/mol. The van der Waals surface area contributed by atoms with Crippen LogP contribution in [0.25, 0.3) is 0 Å². The first-order valence-corrected chi connectivity index (χ1v) is 7.63. The minimum Gasteiger partial charge on any atom is -0.443 e. The van der Waals surface area contributed by atoms with Crippen LogP contribution in [0.4, 0.5) is 15.3 Å². The highest BCUT2D eigenvalue weighted by molar-refractivity contribution is 6.09. The van der Waals surface area contributed by atoms with E-state index in [2.05, 4.69) is 0 Å². The molecule has 0 atom stereocenters. The molecule has 0 saturated heterocycles. The maximum Gasteiger partial charge on any atom is 0.424 e. The van der Waals surface area contributed by atoms with Gasteiger partial charge in [-0.1, -0.05) is 6.07 Å². The van der Waals surface area contributed by atoms with Gasteiger partial charge in [-0.05, 0) is 78.6 Å². The highest BCUT2D eigenvalue weighted by Crippen LogP contribution is 2.24. The van der Waals surface area contributed by atoms with Crippen molar-refractivity contribution < 1.29 is 19.1 Å². The van der Waals surface area contributed by atoms with Crippen molar-refractivity contribution in [2.45, 2.75) is 66.6 Å². The van der Waals surface area contributed by atoms with Crippen molar-refractivity contribution in [3.63, 3.8) is 0 Å². The van der Waals surface area contributed by atoms with Crippen LogP contribution >= 0.6 is 0 Å². The van der Waals surface area contributed by atoms with Crippen LogP contribution in [0.5, 0.6) is 0 Å². The highest BCUT2D eigenvalue weighted by Gasteiger charge is 2.32. The summed E-state index contributed by atoms with van der Waals surface area (Å²) in [5.41, 5.74) is 0.895. The van der Waals surface area contributed by atoms with Crippen LogP contribution in [0.15, 0.2) is 18.2 Å². The lowest BCUT2D eigenvalue weighted by atomic mass is 10.1. The molecule has 0 aromatic heterocycles. The summed E-state index contributed by atoms with van der Waals surface area (Å²) in [6.07, 6.45) is -1.51. The number of anilines is 1. The van der Waals surface area contributed by atoms with Gasteiger partial charge in [0.15, 0.2) is 0 Å². The van der Waals surface area contributed by atoms with Gasteiger partial charge in [0.1, 0.15) is 11.2 Å². The fraction of sp³-hybridized carbons (Fsp3) is 0.556. The summed E-state index contributed by atoms with van der Waals surface area (Å²) in [6, 6.07) is 5.47. The molecule has 1 aromatic rings. The van der Waals surface area contributed by atoms with Crippen LogP contribution in [-0.2, 0) is 9.47 Å². The Labute approximate surface area is 138 Å². The van der Waals surface area contributed by atoms with E-state index in [1.54, 1.807) is 53.7 Å². The highest BCUT2D eigenvalue weighted by atomic mass is 16.6. The molecular formula is C18H27NO4. The minimum absolute atomic E-state index is 0.436. The summed E-state index contributed by atoms with van der Waals surface area (Å²) in [5, 5.41) is 0. The minimum atomic E-state index is -0.753. The predicted octanol–water partition coefficient (Wildman–Crippen LogP) is 4.98. The van der Waals surface area contributed by atoms with Gasteiger partial charge in [-0.25, -0.2) is 9.59 Å². The maximum atomic E-state index is 12.5. The van der Waals surface area contributed by atoms with Gasteiger partial charge in [0.2, 0.25) is 0 Å². The first-order valence-electron chi connectivity index (χ1n) is 7.63.